The van der Waals surface area contributed by atoms with E-state index in [1.54, 1.807) is 18.2 Å². The number of ether oxygens (including phenoxy) is 1. The van der Waals surface area contributed by atoms with Gasteiger partial charge in [-0.15, -0.1) is 0 Å². The second-order valence-corrected chi connectivity index (χ2v) is 8.39. The lowest BCUT2D eigenvalue weighted by atomic mass is 10.1. The third-order valence-electron chi connectivity index (χ3n) is 4.35. The summed E-state index contributed by atoms with van der Waals surface area (Å²) in [5, 5.41) is 3.66. The molecule has 0 radical (unpaired) electrons. The summed E-state index contributed by atoms with van der Waals surface area (Å²) in [6.45, 7) is 0.528. The maximum Gasteiger partial charge on any atom is 0.435 e. The Morgan fingerprint density at radius 2 is 1.93 bits per heavy atom. The normalized spacial score (nSPS) is 14.0. The fourth-order valence-corrected chi connectivity index (χ4v) is 3.52. The number of sulfone groups is 1. The molecule has 0 bridgehead atoms. The minimum absolute atomic E-state index is 0.0318. The Kier molecular flexibility index (Phi) is 4.18. The molecule has 0 saturated heterocycles. The van der Waals surface area contributed by atoms with Crippen LogP contribution in [0.2, 0.25) is 0 Å². The first-order chi connectivity index (χ1) is 13.1. The molecule has 0 aliphatic carbocycles. The van der Waals surface area contributed by atoms with E-state index in [0.717, 1.165) is 28.8 Å². The number of hydrogen-bond donors (Lipinski definition) is 0. The zero-order chi connectivity index (χ0) is 20.1. The molecule has 28 heavy (non-hydrogen) atoms. The third kappa shape index (κ3) is 3.35. The van der Waals surface area contributed by atoms with Crippen molar-refractivity contribution in [3.8, 4) is 22.8 Å². The second-order valence-electron chi connectivity index (χ2n) is 6.37. The highest BCUT2D eigenvalue weighted by Crippen LogP contribution is 2.35. The molecule has 0 unspecified atom stereocenters. The number of benzene rings is 1. The van der Waals surface area contributed by atoms with Gasteiger partial charge >= 0.3 is 6.18 Å². The lowest BCUT2D eigenvalue weighted by molar-refractivity contribution is -0.141. The van der Waals surface area contributed by atoms with Gasteiger partial charge in [0.25, 0.3) is 0 Å². The van der Waals surface area contributed by atoms with Crippen molar-refractivity contribution in [2.24, 2.45) is 0 Å². The zero-order valence-electron chi connectivity index (χ0n) is 14.6. The predicted molar refractivity (Wildman–Crippen MR) is 94.1 cm³/mol. The number of rotatable bonds is 3. The van der Waals surface area contributed by atoms with E-state index in [0.29, 0.717) is 24.3 Å². The fraction of sp³-hybridized carbons (Fsp3) is 0.222. The average Bonchev–Trinajstić information content (AvgIpc) is 3.27. The van der Waals surface area contributed by atoms with Crippen LogP contribution >= 0.6 is 0 Å². The minimum Gasteiger partial charge on any atom is -0.493 e. The SMILES string of the molecule is CS(=O)(=O)c1ccc(-n2nc(C(F)(F)F)cc2-c2ccc3c(c2)CCO3)nc1. The number of fused-ring (bicyclic) bond motifs is 1. The maximum atomic E-state index is 13.3. The highest BCUT2D eigenvalue weighted by Gasteiger charge is 2.35. The van der Waals surface area contributed by atoms with Gasteiger partial charge in [-0.2, -0.15) is 18.3 Å². The molecule has 2 aromatic heterocycles. The van der Waals surface area contributed by atoms with Crippen molar-refractivity contribution >= 4 is 9.84 Å². The molecule has 1 aliphatic heterocycles. The van der Waals surface area contributed by atoms with Crippen LogP contribution in [0.15, 0.2) is 47.5 Å². The summed E-state index contributed by atoms with van der Waals surface area (Å²) in [4.78, 5) is 3.97. The molecule has 0 saturated carbocycles. The highest BCUT2D eigenvalue weighted by atomic mass is 32.2. The van der Waals surface area contributed by atoms with Gasteiger partial charge in [-0.3, -0.25) is 0 Å². The second kappa shape index (κ2) is 6.33. The van der Waals surface area contributed by atoms with Crippen molar-refractivity contribution in [3.05, 3.63) is 53.9 Å². The first-order valence-corrected chi connectivity index (χ1v) is 10.1. The van der Waals surface area contributed by atoms with Crippen LogP contribution in [0, 0.1) is 0 Å². The topological polar surface area (TPSA) is 74.1 Å². The van der Waals surface area contributed by atoms with E-state index in [1.165, 1.54) is 12.1 Å². The first-order valence-electron chi connectivity index (χ1n) is 8.23. The highest BCUT2D eigenvalue weighted by molar-refractivity contribution is 7.90. The van der Waals surface area contributed by atoms with Crippen LogP contribution in [0.25, 0.3) is 17.1 Å². The first kappa shape index (κ1) is 18.5. The quantitative estimate of drug-likeness (QED) is 0.664. The van der Waals surface area contributed by atoms with Gasteiger partial charge in [0.05, 0.1) is 17.2 Å². The van der Waals surface area contributed by atoms with Gasteiger partial charge in [0.2, 0.25) is 0 Å². The molecule has 4 rings (SSSR count). The molecule has 1 aromatic carbocycles. The maximum absolute atomic E-state index is 13.3. The zero-order valence-corrected chi connectivity index (χ0v) is 15.4. The van der Waals surface area contributed by atoms with Crippen molar-refractivity contribution < 1.29 is 26.3 Å². The fourth-order valence-electron chi connectivity index (χ4n) is 2.96. The standard InChI is InChI=1S/C18H14F3N3O3S/c1-28(25,26)13-3-5-17(22-10-13)24-14(9-16(23-24)18(19,20)21)11-2-4-15-12(8-11)6-7-27-15/h2-5,8-10H,6-7H2,1H3. The van der Waals surface area contributed by atoms with Gasteiger partial charge < -0.3 is 4.74 Å². The van der Waals surface area contributed by atoms with E-state index in [-0.39, 0.29) is 16.4 Å². The van der Waals surface area contributed by atoms with Crippen LogP contribution in [0.5, 0.6) is 5.75 Å². The van der Waals surface area contributed by atoms with Gasteiger partial charge in [-0.25, -0.2) is 18.1 Å². The van der Waals surface area contributed by atoms with Crippen molar-refractivity contribution in [3.63, 3.8) is 0 Å². The Morgan fingerprint density at radius 1 is 1.14 bits per heavy atom. The molecule has 0 atom stereocenters. The monoisotopic (exact) mass is 409 g/mol. The Balaban J connectivity index is 1.86. The van der Waals surface area contributed by atoms with Gasteiger partial charge in [0.15, 0.2) is 21.3 Å². The van der Waals surface area contributed by atoms with E-state index in [1.807, 2.05) is 0 Å². The lowest BCUT2D eigenvalue weighted by Crippen LogP contribution is -2.08. The summed E-state index contributed by atoms with van der Waals surface area (Å²) in [6, 6.07) is 8.69. The van der Waals surface area contributed by atoms with Crippen LogP contribution in [0.4, 0.5) is 13.2 Å². The van der Waals surface area contributed by atoms with Crippen molar-refractivity contribution in [1.82, 2.24) is 14.8 Å². The summed E-state index contributed by atoms with van der Waals surface area (Å²) in [6.07, 6.45) is -1.84. The van der Waals surface area contributed by atoms with Crippen LogP contribution in [0.1, 0.15) is 11.3 Å². The van der Waals surface area contributed by atoms with E-state index in [2.05, 4.69) is 10.1 Å². The molecule has 3 aromatic rings. The molecule has 146 valence electrons. The lowest BCUT2D eigenvalue weighted by Gasteiger charge is -2.08. The number of nitrogens with zero attached hydrogens (tertiary/aromatic N) is 3. The Hall–Kier alpha value is -2.88. The largest absolute Gasteiger partial charge is 0.493 e. The molecular formula is C18H14F3N3O3S. The van der Waals surface area contributed by atoms with Crippen molar-refractivity contribution in [2.75, 3.05) is 12.9 Å². The molecule has 3 heterocycles. The predicted octanol–water partition coefficient (Wildman–Crippen LogP) is 3.29. The molecule has 0 fully saturated rings. The Morgan fingerprint density at radius 3 is 2.57 bits per heavy atom. The van der Waals surface area contributed by atoms with Gasteiger partial charge in [0, 0.05) is 24.4 Å². The summed E-state index contributed by atoms with van der Waals surface area (Å²) in [5.41, 5.74) is 0.565. The van der Waals surface area contributed by atoms with E-state index >= 15 is 0 Å². The molecule has 0 amide bonds. The summed E-state index contributed by atoms with van der Waals surface area (Å²) in [5.74, 6) is 0.788. The number of alkyl halides is 3. The molecule has 6 nitrogen and oxygen atoms in total. The number of pyridine rings is 1. The molecule has 0 N–H and O–H groups in total. The van der Waals surface area contributed by atoms with Gasteiger partial charge in [-0.1, -0.05) is 0 Å². The summed E-state index contributed by atoms with van der Waals surface area (Å²) >= 11 is 0. The molecule has 1 aliphatic rings. The molecular weight excluding hydrogens is 395 g/mol. The third-order valence-corrected chi connectivity index (χ3v) is 5.45. The van der Waals surface area contributed by atoms with E-state index in [9.17, 15) is 21.6 Å². The number of aromatic nitrogens is 3. The summed E-state index contributed by atoms with van der Waals surface area (Å²) in [7, 11) is -3.47. The Bertz CT molecular complexity index is 1150. The van der Waals surface area contributed by atoms with E-state index < -0.39 is 21.7 Å². The number of hydrogen-bond acceptors (Lipinski definition) is 5. The van der Waals surface area contributed by atoms with Gasteiger partial charge in [-0.05, 0) is 42.0 Å². The van der Waals surface area contributed by atoms with Crippen LogP contribution in [0.3, 0.4) is 0 Å². The van der Waals surface area contributed by atoms with Crippen LogP contribution in [-0.2, 0) is 22.4 Å². The smallest absolute Gasteiger partial charge is 0.435 e. The van der Waals surface area contributed by atoms with Crippen LogP contribution < -0.4 is 4.74 Å². The average molecular weight is 409 g/mol. The minimum atomic E-state index is -4.63. The molecule has 0 spiro atoms. The summed E-state index contributed by atoms with van der Waals surface area (Å²) < 4.78 is 69.5. The van der Waals surface area contributed by atoms with Gasteiger partial charge in [0.1, 0.15) is 5.75 Å². The van der Waals surface area contributed by atoms with Crippen molar-refractivity contribution in [1.29, 1.82) is 0 Å². The number of halogens is 3. The van der Waals surface area contributed by atoms with E-state index in [4.69, 9.17) is 4.74 Å². The molecule has 10 heteroatoms. The van der Waals surface area contributed by atoms with Crippen molar-refractivity contribution in [2.45, 2.75) is 17.5 Å². The van der Waals surface area contributed by atoms with Crippen LogP contribution in [-0.4, -0.2) is 36.0 Å². The Labute approximate surface area is 158 Å².